The molecule has 0 aliphatic carbocycles. The number of carbonyl (C=O) groups is 1. The lowest BCUT2D eigenvalue weighted by Crippen LogP contribution is -2.29. The maximum Gasteiger partial charge on any atom is 0.275 e. The Morgan fingerprint density at radius 2 is 2.00 bits per heavy atom. The van der Waals surface area contributed by atoms with Crippen LogP contribution in [0.2, 0.25) is 5.02 Å². The zero-order valence-corrected chi connectivity index (χ0v) is 16.9. The number of hydrogen-bond acceptors (Lipinski definition) is 6. The fraction of sp³-hybridized carbons (Fsp3) is 0.100. The second-order valence-corrected chi connectivity index (χ2v) is 7.61. The molecular weight excluding hydrogens is 431 g/mol. The van der Waals surface area contributed by atoms with Crippen molar-refractivity contribution in [2.24, 2.45) is 0 Å². The van der Waals surface area contributed by atoms with Crippen LogP contribution in [0, 0.1) is 5.82 Å². The van der Waals surface area contributed by atoms with Crippen LogP contribution < -0.4 is 15.6 Å². The Morgan fingerprint density at radius 1 is 1.20 bits per heavy atom. The van der Waals surface area contributed by atoms with Crippen LogP contribution in [0.15, 0.2) is 59.4 Å². The lowest BCUT2D eigenvalue weighted by atomic mass is 10.2. The van der Waals surface area contributed by atoms with Gasteiger partial charge in [-0.1, -0.05) is 35.1 Å². The molecule has 7 nitrogen and oxygen atoms in total. The molecule has 152 valence electrons. The quantitative estimate of drug-likeness (QED) is 0.493. The van der Waals surface area contributed by atoms with Gasteiger partial charge in [0.05, 0.1) is 12.2 Å². The molecule has 2 aromatic heterocycles. The van der Waals surface area contributed by atoms with Crippen molar-refractivity contribution in [3.05, 3.63) is 81.5 Å². The molecule has 0 fully saturated rings. The van der Waals surface area contributed by atoms with Gasteiger partial charge < -0.3 is 10.1 Å². The average molecular weight is 445 g/mol. The number of fused-ring (bicyclic) bond motifs is 1. The van der Waals surface area contributed by atoms with Gasteiger partial charge in [-0.25, -0.2) is 9.37 Å². The van der Waals surface area contributed by atoms with Crippen LogP contribution in [0.5, 0.6) is 5.75 Å². The summed E-state index contributed by atoms with van der Waals surface area (Å²) < 4.78 is 19.4. The van der Waals surface area contributed by atoms with Crippen LogP contribution in [0.25, 0.3) is 15.5 Å². The van der Waals surface area contributed by atoms with Crippen LogP contribution >= 0.6 is 22.9 Å². The van der Waals surface area contributed by atoms with E-state index in [1.54, 1.807) is 18.2 Å². The fourth-order valence-corrected chi connectivity index (χ4v) is 3.72. The molecule has 0 saturated carbocycles. The minimum Gasteiger partial charge on any atom is -0.484 e. The number of nitrogens with zero attached hydrogens (tertiary/aromatic N) is 3. The summed E-state index contributed by atoms with van der Waals surface area (Å²) in [6, 6.07) is 13.8. The van der Waals surface area contributed by atoms with E-state index in [1.807, 2.05) is 6.07 Å². The number of nitrogens with one attached hydrogen (secondary N) is 1. The van der Waals surface area contributed by atoms with E-state index in [2.05, 4.69) is 15.4 Å². The van der Waals surface area contributed by atoms with Crippen LogP contribution in [0.4, 0.5) is 4.39 Å². The molecular formula is C20H14ClFN4O3S. The van der Waals surface area contributed by atoms with Gasteiger partial charge in [-0.2, -0.15) is 9.61 Å². The predicted molar refractivity (Wildman–Crippen MR) is 111 cm³/mol. The van der Waals surface area contributed by atoms with Crippen molar-refractivity contribution in [1.82, 2.24) is 19.9 Å². The summed E-state index contributed by atoms with van der Waals surface area (Å²) in [5, 5.41) is 8.11. The van der Waals surface area contributed by atoms with E-state index in [-0.39, 0.29) is 24.5 Å². The molecule has 0 aliphatic rings. The van der Waals surface area contributed by atoms with E-state index in [0.29, 0.717) is 26.4 Å². The van der Waals surface area contributed by atoms with E-state index < -0.39 is 5.91 Å². The lowest BCUT2D eigenvalue weighted by Gasteiger charge is -2.07. The minimum atomic E-state index is -0.398. The van der Waals surface area contributed by atoms with E-state index in [0.717, 1.165) is 5.56 Å². The van der Waals surface area contributed by atoms with Gasteiger partial charge in [-0.15, -0.1) is 0 Å². The van der Waals surface area contributed by atoms with Gasteiger partial charge in [0.25, 0.3) is 11.5 Å². The monoisotopic (exact) mass is 444 g/mol. The molecule has 0 aliphatic heterocycles. The van der Waals surface area contributed by atoms with Crippen LogP contribution in [0.3, 0.4) is 0 Å². The summed E-state index contributed by atoms with van der Waals surface area (Å²) in [5.74, 6) is -0.408. The maximum absolute atomic E-state index is 12.9. The van der Waals surface area contributed by atoms with Gasteiger partial charge in [0.15, 0.2) is 6.61 Å². The summed E-state index contributed by atoms with van der Waals surface area (Å²) in [6.07, 6.45) is 0. The zero-order valence-electron chi connectivity index (χ0n) is 15.3. The number of aromatic nitrogens is 3. The Labute approximate surface area is 178 Å². The van der Waals surface area contributed by atoms with Crippen molar-refractivity contribution in [3.63, 3.8) is 0 Å². The normalized spacial score (nSPS) is 10.9. The van der Waals surface area contributed by atoms with E-state index in [1.165, 1.54) is 46.2 Å². The molecule has 30 heavy (non-hydrogen) atoms. The molecule has 4 rings (SSSR count). The minimum absolute atomic E-state index is 0.0573. The third-order valence-corrected chi connectivity index (χ3v) is 5.21. The first-order valence-electron chi connectivity index (χ1n) is 8.79. The van der Waals surface area contributed by atoms with Crippen LogP contribution in [-0.4, -0.2) is 27.1 Å². The van der Waals surface area contributed by atoms with E-state index in [9.17, 15) is 14.0 Å². The highest BCUT2D eigenvalue weighted by Gasteiger charge is 2.12. The standard InChI is InChI=1S/C20H14ClFN4O3S/c21-13-3-1-2-12(8-13)19-25-26-18(28)9-15(24-20(26)30-19)10-23-17(27)11-29-16-6-4-14(22)5-7-16/h1-9H,10-11H2,(H,23,27). The van der Waals surface area contributed by atoms with Gasteiger partial charge in [-0.3, -0.25) is 9.59 Å². The Balaban J connectivity index is 1.43. The van der Waals surface area contributed by atoms with Gasteiger partial charge >= 0.3 is 0 Å². The van der Waals surface area contributed by atoms with Gasteiger partial charge in [-0.05, 0) is 36.4 Å². The molecule has 1 amide bonds. The van der Waals surface area contributed by atoms with Gasteiger partial charge in [0.1, 0.15) is 16.6 Å². The Morgan fingerprint density at radius 3 is 2.77 bits per heavy atom. The zero-order chi connectivity index (χ0) is 21.1. The number of rotatable bonds is 6. The lowest BCUT2D eigenvalue weighted by molar-refractivity contribution is -0.123. The number of benzene rings is 2. The SMILES string of the molecule is O=C(COc1ccc(F)cc1)NCc1cc(=O)n2nc(-c3cccc(Cl)c3)sc2n1. The summed E-state index contributed by atoms with van der Waals surface area (Å²) >= 11 is 7.26. The first-order chi connectivity index (χ1) is 14.5. The number of carbonyl (C=O) groups excluding carboxylic acids is 1. The smallest absolute Gasteiger partial charge is 0.275 e. The maximum atomic E-state index is 12.9. The van der Waals surface area contributed by atoms with Crippen molar-refractivity contribution < 1.29 is 13.9 Å². The fourth-order valence-electron chi connectivity index (χ4n) is 2.60. The molecule has 2 heterocycles. The van der Waals surface area contributed by atoms with E-state index in [4.69, 9.17) is 16.3 Å². The first-order valence-corrected chi connectivity index (χ1v) is 9.98. The summed E-state index contributed by atoms with van der Waals surface area (Å²) in [4.78, 5) is 29.1. The van der Waals surface area contributed by atoms with Crippen molar-refractivity contribution in [1.29, 1.82) is 0 Å². The molecule has 2 aromatic carbocycles. The number of hydrogen-bond donors (Lipinski definition) is 1. The Kier molecular flexibility index (Phi) is 5.73. The molecule has 0 bridgehead atoms. The summed E-state index contributed by atoms with van der Waals surface area (Å²) in [5.41, 5.74) is 0.831. The molecule has 0 saturated heterocycles. The van der Waals surface area contributed by atoms with Crippen molar-refractivity contribution in [2.45, 2.75) is 6.54 Å². The average Bonchev–Trinajstić information content (AvgIpc) is 3.17. The van der Waals surface area contributed by atoms with Gasteiger partial charge in [0.2, 0.25) is 4.96 Å². The molecule has 4 aromatic rings. The topological polar surface area (TPSA) is 85.6 Å². The highest BCUT2D eigenvalue weighted by molar-refractivity contribution is 7.19. The largest absolute Gasteiger partial charge is 0.484 e. The van der Waals surface area contributed by atoms with Crippen LogP contribution in [-0.2, 0) is 11.3 Å². The second kappa shape index (κ2) is 8.60. The molecule has 0 radical (unpaired) electrons. The van der Waals surface area contributed by atoms with Crippen LogP contribution in [0.1, 0.15) is 5.69 Å². The number of amides is 1. The van der Waals surface area contributed by atoms with E-state index >= 15 is 0 Å². The van der Waals surface area contributed by atoms with Gasteiger partial charge in [0, 0.05) is 16.7 Å². The summed E-state index contributed by atoms with van der Waals surface area (Å²) in [7, 11) is 0. The van der Waals surface area contributed by atoms with Crippen molar-refractivity contribution >= 4 is 33.8 Å². The second-order valence-electron chi connectivity index (χ2n) is 6.22. The predicted octanol–water partition coefficient (Wildman–Crippen LogP) is 3.31. The highest BCUT2D eigenvalue weighted by atomic mass is 35.5. The Hall–Kier alpha value is -3.30. The third kappa shape index (κ3) is 4.64. The Bertz CT molecular complexity index is 1270. The van der Waals surface area contributed by atoms with Crippen molar-refractivity contribution in [3.8, 4) is 16.3 Å². The highest BCUT2D eigenvalue weighted by Crippen LogP contribution is 2.26. The molecule has 1 N–H and O–H groups in total. The first kappa shape index (κ1) is 20.0. The summed E-state index contributed by atoms with van der Waals surface area (Å²) in [6.45, 7) is -0.186. The molecule has 10 heteroatoms. The molecule has 0 spiro atoms. The molecule has 0 unspecified atom stereocenters. The molecule has 0 atom stereocenters. The number of halogens is 2. The number of ether oxygens (including phenoxy) is 1. The van der Waals surface area contributed by atoms with Crippen molar-refractivity contribution in [2.75, 3.05) is 6.61 Å². The third-order valence-electron chi connectivity index (χ3n) is 4.02.